The number of benzene rings is 1. The zero-order chi connectivity index (χ0) is 24.9. The molecule has 1 aromatic carbocycles. The van der Waals surface area contributed by atoms with Gasteiger partial charge in [0.25, 0.3) is 0 Å². The van der Waals surface area contributed by atoms with Crippen molar-refractivity contribution < 1.29 is 23.8 Å². The fraction of sp³-hybridized carbons (Fsp3) is 0.500. The number of rotatable bonds is 5. The van der Waals surface area contributed by atoms with Crippen LogP contribution in [-0.2, 0) is 16.1 Å². The molecule has 1 aliphatic heterocycles. The lowest BCUT2D eigenvalue weighted by molar-refractivity contribution is -0.0207. The summed E-state index contributed by atoms with van der Waals surface area (Å²) in [5, 5.41) is 0. The second-order valence-corrected chi connectivity index (χ2v) is 9.72. The van der Waals surface area contributed by atoms with Crippen molar-refractivity contribution in [3.05, 3.63) is 59.4 Å². The number of carbonyl (C=O) groups excluding carboxylic acids is 2. The Morgan fingerprint density at radius 1 is 1.00 bits per heavy atom. The van der Waals surface area contributed by atoms with Crippen LogP contribution < -0.4 is 4.74 Å². The predicted molar refractivity (Wildman–Crippen MR) is 129 cm³/mol. The second kappa shape index (κ2) is 10.8. The van der Waals surface area contributed by atoms with Gasteiger partial charge in [-0.25, -0.2) is 9.59 Å². The first-order valence-electron chi connectivity index (χ1n) is 11.6. The molecule has 1 saturated heterocycles. The van der Waals surface area contributed by atoms with Gasteiger partial charge < -0.3 is 19.1 Å². The molecule has 2 amide bonds. The SMILES string of the molecule is Cc1cc(OC[C@@H]2CN(C(=O)OC(C)(C)C)[C@@H](C)CN2C(=O)OCc2ccccc2)cc(C)n1. The van der Waals surface area contributed by atoms with Gasteiger partial charge in [0.15, 0.2) is 0 Å². The minimum absolute atomic E-state index is 0.177. The Morgan fingerprint density at radius 2 is 1.65 bits per heavy atom. The average Bonchev–Trinajstić information content (AvgIpc) is 2.75. The minimum Gasteiger partial charge on any atom is -0.491 e. The topological polar surface area (TPSA) is 81.2 Å². The zero-order valence-electron chi connectivity index (χ0n) is 20.9. The molecule has 34 heavy (non-hydrogen) atoms. The van der Waals surface area contributed by atoms with Crippen LogP contribution in [0.5, 0.6) is 5.75 Å². The molecule has 0 radical (unpaired) electrons. The normalized spacial score (nSPS) is 18.4. The van der Waals surface area contributed by atoms with E-state index in [1.54, 1.807) is 9.80 Å². The van der Waals surface area contributed by atoms with E-state index in [2.05, 4.69) is 4.98 Å². The highest BCUT2D eigenvalue weighted by molar-refractivity contribution is 5.71. The molecule has 8 nitrogen and oxygen atoms in total. The smallest absolute Gasteiger partial charge is 0.410 e. The number of pyridine rings is 1. The van der Waals surface area contributed by atoms with E-state index in [-0.39, 0.29) is 25.8 Å². The summed E-state index contributed by atoms with van der Waals surface area (Å²) < 4.78 is 17.2. The Morgan fingerprint density at radius 3 is 2.26 bits per heavy atom. The summed E-state index contributed by atoms with van der Waals surface area (Å²) in [5.41, 5.74) is 2.00. The fourth-order valence-corrected chi connectivity index (χ4v) is 3.85. The largest absolute Gasteiger partial charge is 0.491 e. The molecule has 0 bridgehead atoms. The molecule has 2 atom stereocenters. The van der Waals surface area contributed by atoms with Crippen molar-refractivity contribution in [1.29, 1.82) is 0 Å². The van der Waals surface area contributed by atoms with Gasteiger partial charge in [-0.2, -0.15) is 0 Å². The lowest BCUT2D eigenvalue weighted by atomic mass is 10.1. The van der Waals surface area contributed by atoms with Crippen molar-refractivity contribution in [2.75, 3.05) is 19.7 Å². The molecule has 1 fully saturated rings. The van der Waals surface area contributed by atoms with Crippen molar-refractivity contribution in [3.8, 4) is 5.75 Å². The number of amides is 2. The zero-order valence-corrected chi connectivity index (χ0v) is 20.9. The summed E-state index contributed by atoms with van der Waals surface area (Å²) in [7, 11) is 0. The van der Waals surface area contributed by atoms with Gasteiger partial charge in [0.1, 0.15) is 24.6 Å². The number of piperazine rings is 1. The number of hydrogen-bond acceptors (Lipinski definition) is 6. The highest BCUT2D eigenvalue weighted by atomic mass is 16.6. The second-order valence-electron chi connectivity index (χ2n) is 9.72. The maximum Gasteiger partial charge on any atom is 0.410 e. The minimum atomic E-state index is -0.610. The van der Waals surface area contributed by atoms with Gasteiger partial charge >= 0.3 is 12.2 Å². The molecule has 0 N–H and O–H groups in total. The Kier molecular flexibility index (Phi) is 8.02. The van der Waals surface area contributed by atoms with Crippen molar-refractivity contribution >= 4 is 12.2 Å². The van der Waals surface area contributed by atoms with Gasteiger partial charge in [-0.1, -0.05) is 30.3 Å². The fourth-order valence-electron chi connectivity index (χ4n) is 3.85. The summed E-state index contributed by atoms with van der Waals surface area (Å²) in [6.45, 7) is 12.2. The predicted octanol–water partition coefficient (Wildman–Crippen LogP) is 4.72. The van der Waals surface area contributed by atoms with E-state index in [1.165, 1.54) is 0 Å². The molecule has 184 valence electrons. The average molecular weight is 470 g/mol. The number of aromatic nitrogens is 1. The molecular formula is C26H35N3O5. The Labute approximate surface area is 201 Å². The summed E-state index contributed by atoms with van der Waals surface area (Å²) in [6, 6.07) is 12.6. The van der Waals surface area contributed by atoms with Crippen LogP contribution in [0.15, 0.2) is 42.5 Å². The van der Waals surface area contributed by atoms with Gasteiger partial charge in [-0.15, -0.1) is 0 Å². The van der Waals surface area contributed by atoms with Crippen LogP contribution in [0, 0.1) is 13.8 Å². The van der Waals surface area contributed by atoms with Gasteiger partial charge in [-0.3, -0.25) is 9.88 Å². The molecule has 3 rings (SSSR count). The van der Waals surface area contributed by atoms with Crippen LogP contribution in [0.25, 0.3) is 0 Å². The third-order valence-electron chi connectivity index (χ3n) is 5.41. The molecule has 1 aliphatic rings. The molecule has 1 aromatic heterocycles. The van der Waals surface area contributed by atoms with Crippen LogP contribution in [0.4, 0.5) is 9.59 Å². The highest BCUT2D eigenvalue weighted by Gasteiger charge is 2.39. The Balaban J connectivity index is 1.74. The monoisotopic (exact) mass is 469 g/mol. The van der Waals surface area contributed by atoms with E-state index in [0.29, 0.717) is 12.3 Å². The first kappa shape index (κ1) is 25.3. The molecule has 2 heterocycles. The standard InChI is InChI=1S/C26H35N3O5/c1-18-12-23(13-19(2)27-18)32-17-22-15-28(25(31)34-26(4,5)6)20(3)14-29(22)24(30)33-16-21-10-8-7-9-11-21/h7-13,20,22H,14-17H2,1-6H3/t20-,22-/m0/s1. The van der Waals surface area contributed by atoms with E-state index < -0.39 is 23.8 Å². The molecular weight excluding hydrogens is 434 g/mol. The lowest BCUT2D eigenvalue weighted by Gasteiger charge is -2.44. The number of nitrogens with zero attached hydrogens (tertiary/aromatic N) is 3. The van der Waals surface area contributed by atoms with Crippen LogP contribution in [0.2, 0.25) is 0 Å². The van der Waals surface area contributed by atoms with Crippen molar-refractivity contribution in [2.45, 2.75) is 65.8 Å². The third kappa shape index (κ3) is 7.10. The molecule has 0 spiro atoms. The van der Waals surface area contributed by atoms with Gasteiger partial charge in [0.2, 0.25) is 0 Å². The quantitative estimate of drug-likeness (QED) is 0.630. The van der Waals surface area contributed by atoms with Crippen molar-refractivity contribution in [1.82, 2.24) is 14.8 Å². The maximum atomic E-state index is 13.1. The molecule has 0 aliphatic carbocycles. The van der Waals surface area contributed by atoms with E-state index in [4.69, 9.17) is 14.2 Å². The van der Waals surface area contributed by atoms with Crippen LogP contribution in [0.1, 0.15) is 44.6 Å². The lowest BCUT2D eigenvalue weighted by Crippen LogP contribution is -2.62. The molecule has 0 saturated carbocycles. The van der Waals surface area contributed by atoms with Gasteiger partial charge in [0, 0.05) is 36.6 Å². The highest BCUT2D eigenvalue weighted by Crippen LogP contribution is 2.22. The van der Waals surface area contributed by atoms with E-state index in [1.807, 2.05) is 84.0 Å². The number of aryl methyl sites for hydroxylation is 2. The van der Waals surface area contributed by atoms with Crippen molar-refractivity contribution in [3.63, 3.8) is 0 Å². The number of ether oxygens (including phenoxy) is 3. The summed E-state index contributed by atoms with van der Waals surface area (Å²) in [5.74, 6) is 0.671. The van der Waals surface area contributed by atoms with Gasteiger partial charge in [-0.05, 0) is 47.1 Å². The first-order chi connectivity index (χ1) is 16.0. The van der Waals surface area contributed by atoms with E-state index in [9.17, 15) is 9.59 Å². The maximum absolute atomic E-state index is 13.1. The van der Waals surface area contributed by atoms with Crippen molar-refractivity contribution in [2.24, 2.45) is 0 Å². The summed E-state index contributed by atoms with van der Waals surface area (Å²) in [4.78, 5) is 33.6. The molecule has 2 aromatic rings. The Bertz CT molecular complexity index is 969. The summed E-state index contributed by atoms with van der Waals surface area (Å²) >= 11 is 0. The van der Waals surface area contributed by atoms with Gasteiger partial charge in [0.05, 0.1) is 12.1 Å². The number of carbonyl (C=O) groups is 2. The van der Waals surface area contributed by atoms with E-state index >= 15 is 0 Å². The van der Waals surface area contributed by atoms with Crippen LogP contribution in [-0.4, -0.2) is 64.4 Å². The Hall–Kier alpha value is -3.29. The number of hydrogen-bond donors (Lipinski definition) is 0. The van der Waals surface area contributed by atoms with Crippen LogP contribution in [0.3, 0.4) is 0 Å². The first-order valence-corrected chi connectivity index (χ1v) is 11.6. The van der Waals surface area contributed by atoms with Crippen LogP contribution >= 0.6 is 0 Å². The van der Waals surface area contributed by atoms with E-state index in [0.717, 1.165) is 17.0 Å². The molecule has 8 heteroatoms. The summed E-state index contributed by atoms with van der Waals surface area (Å²) in [6.07, 6.45) is -0.840. The molecule has 0 unspecified atom stereocenters. The third-order valence-corrected chi connectivity index (χ3v) is 5.41.